The fourth-order valence-corrected chi connectivity index (χ4v) is 1.38. The summed E-state index contributed by atoms with van der Waals surface area (Å²) in [5, 5.41) is 19.9. The Kier molecular flexibility index (Phi) is 6.19. The molecular weight excluding hydrogens is 248 g/mol. The van der Waals surface area contributed by atoms with Gasteiger partial charge in [-0.2, -0.15) is 5.26 Å². The molecule has 1 aromatic carbocycles. The van der Waals surface area contributed by atoms with Crippen LogP contribution >= 0.6 is 0 Å². The summed E-state index contributed by atoms with van der Waals surface area (Å²) < 4.78 is 10.4. The Bertz CT molecular complexity index is 468. The summed E-state index contributed by atoms with van der Waals surface area (Å²) >= 11 is 0. The predicted molar refractivity (Wildman–Crippen MR) is 67.7 cm³/mol. The van der Waals surface area contributed by atoms with Crippen LogP contribution in [0.5, 0.6) is 11.5 Å². The van der Waals surface area contributed by atoms with Crippen LogP contribution in [0, 0.1) is 11.3 Å². The number of nitriles is 1. The van der Waals surface area contributed by atoms with Crippen LogP contribution in [-0.2, 0) is 11.4 Å². The fraction of sp³-hybridized carbons (Fsp3) is 0.385. The van der Waals surface area contributed by atoms with Crippen LogP contribution in [0.1, 0.15) is 12.0 Å². The maximum Gasteiger partial charge on any atom is 0.257 e. The second kappa shape index (κ2) is 7.95. The first-order valence-electron chi connectivity index (χ1n) is 5.75. The zero-order valence-electron chi connectivity index (χ0n) is 10.7. The Morgan fingerprint density at radius 2 is 2.26 bits per heavy atom. The maximum absolute atomic E-state index is 11.4. The number of aliphatic hydroxyl groups excluding tert-OH is 1. The van der Waals surface area contributed by atoms with Crippen molar-refractivity contribution in [2.45, 2.75) is 13.0 Å². The molecule has 0 spiro atoms. The van der Waals surface area contributed by atoms with Gasteiger partial charge in [0.15, 0.2) is 18.1 Å². The number of carbonyl (C=O) groups is 1. The minimum atomic E-state index is -0.313. The number of benzene rings is 1. The number of hydrogen-bond donors (Lipinski definition) is 2. The highest BCUT2D eigenvalue weighted by Crippen LogP contribution is 2.27. The summed E-state index contributed by atoms with van der Waals surface area (Å²) in [5.74, 6) is 0.568. The molecule has 0 unspecified atom stereocenters. The molecule has 19 heavy (non-hydrogen) atoms. The SMILES string of the molecule is COc1ccc(CO)cc1OCC(=O)NCCC#N. The van der Waals surface area contributed by atoms with Crippen molar-refractivity contribution in [3.8, 4) is 17.6 Å². The van der Waals surface area contributed by atoms with Crippen molar-refractivity contribution in [1.29, 1.82) is 5.26 Å². The smallest absolute Gasteiger partial charge is 0.257 e. The Hall–Kier alpha value is -2.26. The summed E-state index contributed by atoms with van der Waals surface area (Å²) in [6.45, 7) is 0.0118. The standard InChI is InChI=1S/C13H16N2O4/c1-18-11-4-3-10(8-16)7-12(11)19-9-13(17)15-6-2-5-14/h3-4,7,16H,2,6,8-9H2,1H3,(H,15,17). The van der Waals surface area contributed by atoms with E-state index in [1.54, 1.807) is 18.2 Å². The van der Waals surface area contributed by atoms with Crippen molar-refractivity contribution < 1.29 is 19.4 Å². The largest absolute Gasteiger partial charge is 0.493 e. The van der Waals surface area contributed by atoms with Crippen LogP contribution in [0.15, 0.2) is 18.2 Å². The van der Waals surface area contributed by atoms with Gasteiger partial charge in [0.05, 0.1) is 26.2 Å². The van der Waals surface area contributed by atoms with Crippen LogP contribution in [0.3, 0.4) is 0 Å². The molecule has 0 aliphatic rings. The van der Waals surface area contributed by atoms with Gasteiger partial charge in [0.25, 0.3) is 5.91 Å². The van der Waals surface area contributed by atoms with Gasteiger partial charge >= 0.3 is 0 Å². The third kappa shape index (κ3) is 4.85. The minimum absolute atomic E-state index is 0.116. The van der Waals surface area contributed by atoms with Gasteiger partial charge in [-0.25, -0.2) is 0 Å². The van der Waals surface area contributed by atoms with Crippen molar-refractivity contribution >= 4 is 5.91 Å². The van der Waals surface area contributed by atoms with Gasteiger partial charge in [-0.3, -0.25) is 4.79 Å². The van der Waals surface area contributed by atoms with Gasteiger partial charge in [-0.15, -0.1) is 0 Å². The van der Waals surface area contributed by atoms with Crippen molar-refractivity contribution in [1.82, 2.24) is 5.32 Å². The van der Waals surface area contributed by atoms with E-state index in [4.69, 9.17) is 19.8 Å². The number of rotatable bonds is 7. The summed E-state index contributed by atoms with van der Waals surface area (Å²) in [4.78, 5) is 11.4. The number of nitrogens with zero attached hydrogens (tertiary/aromatic N) is 1. The minimum Gasteiger partial charge on any atom is -0.493 e. The van der Waals surface area contributed by atoms with Crippen molar-refractivity contribution in [3.05, 3.63) is 23.8 Å². The van der Waals surface area contributed by atoms with E-state index < -0.39 is 0 Å². The van der Waals surface area contributed by atoms with Crippen LogP contribution in [0.25, 0.3) is 0 Å². The number of methoxy groups -OCH3 is 1. The van der Waals surface area contributed by atoms with Crippen LogP contribution in [-0.4, -0.2) is 31.3 Å². The topological polar surface area (TPSA) is 91.6 Å². The first-order chi connectivity index (χ1) is 9.21. The summed E-state index contributed by atoms with van der Waals surface area (Å²) in [7, 11) is 1.49. The van der Waals surface area contributed by atoms with E-state index in [-0.39, 0.29) is 25.5 Å². The molecular formula is C13H16N2O4. The molecule has 0 aliphatic carbocycles. The van der Waals surface area contributed by atoms with E-state index in [9.17, 15) is 4.79 Å². The van der Waals surface area contributed by atoms with Crippen molar-refractivity contribution in [2.75, 3.05) is 20.3 Å². The normalized spacial score (nSPS) is 9.53. The number of amides is 1. The van der Waals surface area contributed by atoms with Crippen LogP contribution in [0.4, 0.5) is 0 Å². The molecule has 0 heterocycles. The molecule has 0 aliphatic heterocycles. The van der Waals surface area contributed by atoms with E-state index in [0.717, 1.165) is 0 Å². The highest BCUT2D eigenvalue weighted by Gasteiger charge is 2.08. The third-order valence-corrected chi connectivity index (χ3v) is 2.33. The fourth-order valence-electron chi connectivity index (χ4n) is 1.38. The second-order valence-electron chi connectivity index (χ2n) is 3.69. The van der Waals surface area contributed by atoms with Crippen LogP contribution in [0.2, 0.25) is 0 Å². The summed E-state index contributed by atoms with van der Waals surface area (Å²) in [6.07, 6.45) is 0.259. The van der Waals surface area contributed by atoms with Crippen molar-refractivity contribution in [3.63, 3.8) is 0 Å². The highest BCUT2D eigenvalue weighted by molar-refractivity contribution is 5.77. The first kappa shape index (κ1) is 14.8. The van der Waals surface area contributed by atoms with Gasteiger partial charge in [-0.05, 0) is 17.7 Å². The van der Waals surface area contributed by atoms with E-state index >= 15 is 0 Å². The second-order valence-corrected chi connectivity index (χ2v) is 3.69. The monoisotopic (exact) mass is 264 g/mol. The molecule has 1 amide bonds. The number of nitrogens with one attached hydrogen (secondary N) is 1. The molecule has 2 N–H and O–H groups in total. The molecule has 6 heteroatoms. The average molecular weight is 264 g/mol. The van der Waals surface area contributed by atoms with Gasteiger partial charge in [-0.1, -0.05) is 6.07 Å². The lowest BCUT2D eigenvalue weighted by Gasteiger charge is -2.11. The maximum atomic E-state index is 11.4. The number of carbonyl (C=O) groups excluding carboxylic acids is 1. The lowest BCUT2D eigenvalue weighted by atomic mass is 10.2. The van der Waals surface area contributed by atoms with Crippen molar-refractivity contribution in [2.24, 2.45) is 0 Å². The Labute approximate surface area is 111 Å². The Balaban J connectivity index is 2.56. The zero-order chi connectivity index (χ0) is 14.1. The molecule has 0 aromatic heterocycles. The lowest BCUT2D eigenvalue weighted by Crippen LogP contribution is -2.29. The van der Waals surface area contributed by atoms with Gasteiger partial charge < -0.3 is 19.9 Å². The first-order valence-corrected chi connectivity index (χ1v) is 5.75. The van der Waals surface area contributed by atoms with Gasteiger partial charge in [0.2, 0.25) is 0 Å². The van der Waals surface area contributed by atoms with E-state index in [1.807, 2.05) is 6.07 Å². The molecule has 0 atom stereocenters. The van der Waals surface area contributed by atoms with E-state index in [1.165, 1.54) is 7.11 Å². The van der Waals surface area contributed by atoms with E-state index in [0.29, 0.717) is 23.6 Å². The predicted octanol–water partition coefficient (Wildman–Crippen LogP) is 0.596. The molecule has 0 fully saturated rings. The molecule has 0 saturated heterocycles. The molecule has 102 valence electrons. The summed E-state index contributed by atoms with van der Waals surface area (Å²) in [6, 6.07) is 6.91. The number of ether oxygens (including phenoxy) is 2. The van der Waals surface area contributed by atoms with Crippen LogP contribution < -0.4 is 14.8 Å². The van der Waals surface area contributed by atoms with E-state index in [2.05, 4.69) is 5.32 Å². The molecule has 0 radical (unpaired) electrons. The Morgan fingerprint density at radius 3 is 2.89 bits per heavy atom. The average Bonchev–Trinajstić information content (AvgIpc) is 2.45. The molecule has 0 saturated carbocycles. The third-order valence-electron chi connectivity index (χ3n) is 2.33. The summed E-state index contributed by atoms with van der Waals surface area (Å²) in [5.41, 5.74) is 0.667. The lowest BCUT2D eigenvalue weighted by molar-refractivity contribution is -0.123. The highest BCUT2D eigenvalue weighted by atomic mass is 16.5. The molecule has 1 rings (SSSR count). The zero-order valence-corrected chi connectivity index (χ0v) is 10.7. The number of aliphatic hydroxyl groups is 1. The molecule has 0 bridgehead atoms. The molecule has 1 aromatic rings. The van der Waals surface area contributed by atoms with Gasteiger partial charge in [0.1, 0.15) is 0 Å². The number of hydrogen-bond acceptors (Lipinski definition) is 5. The quantitative estimate of drug-likeness (QED) is 0.703. The molecule has 6 nitrogen and oxygen atoms in total. The van der Waals surface area contributed by atoms with Gasteiger partial charge in [0, 0.05) is 6.54 Å². The Morgan fingerprint density at radius 1 is 1.47 bits per heavy atom.